The van der Waals surface area contributed by atoms with Crippen LogP contribution < -0.4 is 5.43 Å². The van der Waals surface area contributed by atoms with Gasteiger partial charge in [0.15, 0.2) is 0 Å². The zero-order valence-electron chi connectivity index (χ0n) is 15.3. The number of hydrogen-bond acceptors (Lipinski definition) is 4. The maximum absolute atomic E-state index is 12.1. The molecule has 0 aliphatic heterocycles. The summed E-state index contributed by atoms with van der Waals surface area (Å²) in [5.74, 6) is -0.283. The van der Waals surface area contributed by atoms with Gasteiger partial charge >= 0.3 is 0 Å². The Bertz CT molecular complexity index is 995. The number of hydrogen-bond donors (Lipinski definition) is 1. The average molecular weight is 373 g/mol. The van der Waals surface area contributed by atoms with Gasteiger partial charge in [0.1, 0.15) is 0 Å². The van der Waals surface area contributed by atoms with Crippen molar-refractivity contribution in [3.05, 3.63) is 100 Å². The van der Waals surface area contributed by atoms with Crippen LogP contribution in [0.3, 0.4) is 0 Å². The van der Waals surface area contributed by atoms with E-state index in [-0.39, 0.29) is 18.0 Å². The highest BCUT2D eigenvalue weighted by Gasteiger charge is 2.07. The summed E-state index contributed by atoms with van der Waals surface area (Å²) in [5.41, 5.74) is 7.06. The monoisotopic (exact) mass is 373 g/mol. The molecule has 0 radical (unpaired) electrons. The third-order valence-corrected chi connectivity index (χ3v) is 4.27. The number of nitrogens with zero attached hydrogens (tertiary/aromatic N) is 2. The van der Waals surface area contributed by atoms with Crippen LogP contribution in [-0.4, -0.2) is 16.5 Å². The van der Waals surface area contributed by atoms with Crippen LogP contribution in [0.15, 0.2) is 84.0 Å². The molecule has 3 aromatic carbocycles. The van der Waals surface area contributed by atoms with Crippen molar-refractivity contribution >= 4 is 17.3 Å². The number of benzene rings is 3. The van der Waals surface area contributed by atoms with Crippen LogP contribution in [0.4, 0.5) is 5.69 Å². The molecule has 0 saturated carbocycles. The number of rotatable bonds is 6. The van der Waals surface area contributed by atoms with E-state index in [4.69, 9.17) is 0 Å². The van der Waals surface area contributed by atoms with Gasteiger partial charge in [-0.05, 0) is 29.2 Å². The van der Waals surface area contributed by atoms with Crippen LogP contribution >= 0.6 is 0 Å². The normalized spacial score (nSPS) is 11.1. The van der Waals surface area contributed by atoms with Crippen molar-refractivity contribution in [1.82, 2.24) is 5.43 Å². The van der Waals surface area contributed by atoms with Crippen LogP contribution in [-0.2, 0) is 11.2 Å². The van der Waals surface area contributed by atoms with Gasteiger partial charge < -0.3 is 0 Å². The van der Waals surface area contributed by atoms with Crippen molar-refractivity contribution in [1.29, 1.82) is 0 Å². The molecule has 0 aliphatic carbocycles. The molecular weight excluding hydrogens is 354 g/mol. The molecular formula is C22H19N3O3. The number of non-ortho nitro benzene ring substituents is 1. The molecule has 3 aromatic rings. The minimum Gasteiger partial charge on any atom is -0.273 e. The van der Waals surface area contributed by atoms with E-state index >= 15 is 0 Å². The van der Waals surface area contributed by atoms with Crippen molar-refractivity contribution in [2.24, 2.45) is 5.10 Å². The molecule has 6 nitrogen and oxygen atoms in total. The summed E-state index contributed by atoms with van der Waals surface area (Å²) in [6, 6.07) is 23.9. The van der Waals surface area contributed by atoms with Crippen LogP contribution in [0.5, 0.6) is 0 Å². The van der Waals surface area contributed by atoms with E-state index in [0.29, 0.717) is 11.3 Å². The summed E-state index contributed by atoms with van der Waals surface area (Å²) in [5, 5.41) is 14.8. The van der Waals surface area contributed by atoms with Crippen molar-refractivity contribution in [3.8, 4) is 11.1 Å². The Kier molecular flexibility index (Phi) is 5.91. The molecule has 0 spiro atoms. The summed E-state index contributed by atoms with van der Waals surface area (Å²) in [6.07, 6.45) is 0.0989. The molecule has 0 heterocycles. The molecule has 6 heteroatoms. The van der Waals surface area contributed by atoms with Gasteiger partial charge in [0, 0.05) is 12.1 Å². The Morgan fingerprint density at radius 2 is 1.54 bits per heavy atom. The van der Waals surface area contributed by atoms with Crippen LogP contribution in [0, 0.1) is 10.1 Å². The first-order valence-corrected chi connectivity index (χ1v) is 8.75. The summed E-state index contributed by atoms with van der Waals surface area (Å²) in [6.45, 7) is 1.82. The second-order valence-electron chi connectivity index (χ2n) is 6.28. The summed E-state index contributed by atoms with van der Waals surface area (Å²) in [7, 11) is 0. The van der Waals surface area contributed by atoms with Gasteiger partial charge in [-0.2, -0.15) is 5.10 Å². The number of hydrazone groups is 1. The molecule has 0 aliphatic rings. The summed E-state index contributed by atoms with van der Waals surface area (Å²) >= 11 is 0. The molecule has 0 atom stereocenters. The maximum Gasteiger partial charge on any atom is 0.269 e. The predicted molar refractivity (Wildman–Crippen MR) is 109 cm³/mol. The minimum absolute atomic E-state index is 0.00280. The lowest BCUT2D eigenvalue weighted by atomic mass is 10.0. The SMILES string of the molecule is C/C(=N\NC(=O)Cc1ccc([N+](=O)[O-])cc1)c1ccc(-c2ccccc2)cc1. The number of carbonyl (C=O) groups is 1. The molecule has 0 saturated heterocycles. The van der Waals surface area contributed by atoms with Crippen molar-refractivity contribution in [2.45, 2.75) is 13.3 Å². The van der Waals surface area contributed by atoms with Crippen LogP contribution in [0.2, 0.25) is 0 Å². The fraction of sp³-hybridized carbons (Fsp3) is 0.0909. The van der Waals surface area contributed by atoms with Crippen LogP contribution in [0.1, 0.15) is 18.1 Å². The van der Waals surface area contributed by atoms with E-state index in [1.165, 1.54) is 12.1 Å². The summed E-state index contributed by atoms with van der Waals surface area (Å²) < 4.78 is 0. The van der Waals surface area contributed by atoms with E-state index in [1.54, 1.807) is 12.1 Å². The second-order valence-corrected chi connectivity index (χ2v) is 6.28. The van der Waals surface area contributed by atoms with Gasteiger partial charge in [0.05, 0.1) is 17.1 Å². The van der Waals surface area contributed by atoms with Gasteiger partial charge in [-0.15, -0.1) is 0 Å². The maximum atomic E-state index is 12.1. The Morgan fingerprint density at radius 1 is 0.929 bits per heavy atom. The van der Waals surface area contributed by atoms with E-state index < -0.39 is 4.92 Å². The third kappa shape index (κ3) is 4.88. The Balaban J connectivity index is 1.60. The van der Waals surface area contributed by atoms with Gasteiger partial charge in [-0.25, -0.2) is 5.43 Å². The lowest BCUT2D eigenvalue weighted by Gasteiger charge is -2.05. The highest BCUT2D eigenvalue weighted by molar-refractivity contribution is 5.99. The minimum atomic E-state index is -0.472. The number of nitro benzene ring substituents is 1. The first kappa shape index (κ1) is 19.0. The molecule has 28 heavy (non-hydrogen) atoms. The molecule has 140 valence electrons. The smallest absolute Gasteiger partial charge is 0.269 e. The second kappa shape index (κ2) is 8.73. The molecule has 1 N–H and O–H groups in total. The number of nitrogens with one attached hydrogen (secondary N) is 1. The molecule has 0 unspecified atom stereocenters. The molecule has 1 amide bonds. The topological polar surface area (TPSA) is 84.6 Å². The zero-order valence-corrected chi connectivity index (χ0v) is 15.3. The fourth-order valence-corrected chi connectivity index (χ4v) is 2.71. The van der Waals surface area contributed by atoms with Gasteiger partial charge in [0.2, 0.25) is 5.91 Å². The number of carbonyl (C=O) groups excluding carboxylic acids is 1. The lowest BCUT2D eigenvalue weighted by molar-refractivity contribution is -0.384. The first-order chi connectivity index (χ1) is 13.5. The van der Waals surface area contributed by atoms with Crippen molar-refractivity contribution < 1.29 is 9.72 Å². The van der Waals surface area contributed by atoms with Crippen LogP contribution in [0.25, 0.3) is 11.1 Å². The Labute approximate surface area is 162 Å². The largest absolute Gasteiger partial charge is 0.273 e. The number of amides is 1. The van der Waals surface area contributed by atoms with E-state index in [0.717, 1.165) is 16.7 Å². The Hall–Kier alpha value is -3.80. The van der Waals surface area contributed by atoms with Gasteiger partial charge in [-0.3, -0.25) is 14.9 Å². The van der Waals surface area contributed by atoms with Crippen molar-refractivity contribution in [3.63, 3.8) is 0 Å². The first-order valence-electron chi connectivity index (χ1n) is 8.75. The van der Waals surface area contributed by atoms with E-state index in [2.05, 4.69) is 10.5 Å². The highest BCUT2D eigenvalue weighted by Crippen LogP contribution is 2.19. The third-order valence-electron chi connectivity index (χ3n) is 4.27. The van der Waals surface area contributed by atoms with Gasteiger partial charge in [0.25, 0.3) is 5.69 Å². The molecule has 3 rings (SSSR count). The standard InChI is InChI=1S/C22H19N3O3/c1-16(18-9-11-20(12-10-18)19-5-3-2-4-6-19)23-24-22(26)15-17-7-13-21(14-8-17)25(27)28/h2-14H,15H2,1H3,(H,24,26)/b23-16+. The fourth-order valence-electron chi connectivity index (χ4n) is 2.71. The lowest BCUT2D eigenvalue weighted by Crippen LogP contribution is -2.21. The quantitative estimate of drug-likeness (QED) is 0.396. The predicted octanol–water partition coefficient (Wildman–Crippen LogP) is 4.34. The summed E-state index contributed by atoms with van der Waals surface area (Å²) in [4.78, 5) is 22.2. The van der Waals surface area contributed by atoms with Gasteiger partial charge in [-0.1, -0.05) is 66.7 Å². The van der Waals surface area contributed by atoms with Crippen molar-refractivity contribution in [2.75, 3.05) is 0 Å². The number of nitro groups is 1. The van der Waals surface area contributed by atoms with E-state index in [1.807, 2.05) is 61.5 Å². The average Bonchev–Trinajstić information content (AvgIpc) is 2.73. The molecule has 0 bridgehead atoms. The zero-order chi connectivity index (χ0) is 19.9. The molecule has 0 fully saturated rings. The Morgan fingerprint density at radius 3 is 2.14 bits per heavy atom. The van der Waals surface area contributed by atoms with E-state index in [9.17, 15) is 14.9 Å². The molecule has 0 aromatic heterocycles. The highest BCUT2D eigenvalue weighted by atomic mass is 16.6.